The zero-order valence-corrected chi connectivity index (χ0v) is 14.2. The molecule has 0 aromatic heterocycles. The second kappa shape index (κ2) is 8.62. The molecule has 4 nitrogen and oxygen atoms in total. The minimum atomic E-state index is 0.604. The molecule has 0 saturated heterocycles. The highest BCUT2D eigenvalue weighted by Gasteiger charge is 2.20. The molecule has 122 valence electrons. The highest BCUT2D eigenvalue weighted by molar-refractivity contribution is 5.79. The van der Waals surface area contributed by atoms with Crippen molar-refractivity contribution in [3.63, 3.8) is 0 Å². The van der Waals surface area contributed by atoms with E-state index in [-0.39, 0.29) is 0 Å². The van der Waals surface area contributed by atoms with E-state index in [0.717, 1.165) is 31.0 Å². The molecule has 0 radical (unpaired) electrons. The van der Waals surface area contributed by atoms with E-state index in [0.29, 0.717) is 6.04 Å². The molecule has 2 atom stereocenters. The lowest BCUT2D eigenvalue weighted by Crippen LogP contribution is -2.47. The summed E-state index contributed by atoms with van der Waals surface area (Å²) < 4.78 is 0. The van der Waals surface area contributed by atoms with E-state index in [1.54, 1.807) is 0 Å². The van der Waals surface area contributed by atoms with Gasteiger partial charge < -0.3 is 15.5 Å². The van der Waals surface area contributed by atoms with E-state index >= 15 is 0 Å². The Labute approximate surface area is 130 Å². The summed E-state index contributed by atoms with van der Waals surface area (Å²) in [6, 6.07) is 1.41. The summed E-state index contributed by atoms with van der Waals surface area (Å²) in [5.74, 6) is 1.83. The van der Waals surface area contributed by atoms with Crippen LogP contribution in [0.15, 0.2) is 4.99 Å². The van der Waals surface area contributed by atoms with Crippen molar-refractivity contribution in [3.8, 4) is 0 Å². The normalized spacial score (nSPS) is 28.1. The summed E-state index contributed by atoms with van der Waals surface area (Å²) >= 11 is 0. The molecule has 2 saturated carbocycles. The standard InChI is InChI=1S/C17H34N4/c1-14-7-6-8-15(13-14)20-17(18-2)19-11-12-21(3)16-9-4-5-10-16/h14-16H,4-13H2,1-3H3,(H2,18,19,20). The van der Waals surface area contributed by atoms with Crippen LogP contribution in [0.25, 0.3) is 0 Å². The molecule has 2 fully saturated rings. The van der Waals surface area contributed by atoms with Crippen LogP contribution in [0.2, 0.25) is 0 Å². The zero-order valence-electron chi connectivity index (χ0n) is 14.2. The maximum atomic E-state index is 4.38. The van der Waals surface area contributed by atoms with Crippen molar-refractivity contribution in [1.82, 2.24) is 15.5 Å². The van der Waals surface area contributed by atoms with E-state index in [1.165, 1.54) is 51.4 Å². The van der Waals surface area contributed by atoms with E-state index < -0.39 is 0 Å². The number of aliphatic imine (C=N–C) groups is 1. The van der Waals surface area contributed by atoms with Crippen molar-refractivity contribution in [2.75, 3.05) is 27.2 Å². The summed E-state index contributed by atoms with van der Waals surface area (Å²) in [6.45, 7) is 4.45. The molecular formula is C17H34N4. The number of hydrogen-bond acceptors (Lipinski definition) is 2. The number of likely N-dealkylation sites (N-methyl/N-ethyl adjacent to an activating group) is 1. The second-order valence-corrected chi connectivity index (χ2v) is 7.03. The first-order valence-electron chi connectivity index (χ1n) is 8.86. The van der Waals surface area contributed by atoms with Gasteiger partial charge in [0.2, 0.25) is 0 Å². The van der Waals surface area contributed by atoms with Crippen LogP contribution < -0.4 is 10.6 Å². The molecule has 0 aliphatic heterocycles. The van der Waals surface area contributed by atoms with Crippen molar-refractivity contribution >= 4 is 5.96 Å². The molecule has 0 spiro atoms. The molecule has 4 heteroatoms. The lowest BCUT2D eigenvalue weighted by atomic mass is 9.87. The summed E-state index contributed by atoms with van der Waals surface area (Å²) in [7, 11) is 4.14. The van der Waals surface area contributed by atoms with Crippen molar-refractivity contribution in [3.05, 3.63) is 0 Å². The molecule has 2 aliphatic carbocycles. The Balaban J connectivity index is 1.65. The first kappa shape index (κ1) is 16.6. The molecule has 0 bridgehead atoms. The number of guanidine groups is 1. The fraction of sp³-hybridized carbons (Fsp3) is 0.941. The Morgan fingerprint density at radius 1 is 1.14 bits per heavy atom. The number of nitrogens with one attached hydrogen (secondary N) is 2. The highest BCUT2D eigenvalue weighted by atomic mass is 15.2. The molecule has 2 aliphatic rings. The van der Waals surface area contributed by atoms with Gasteiger partial charge in [0.1, 0.15) is 0 Å². The van der Waals surface area contributed by atoms with Crippen molar-refractivity contribution in [2.24, 2.45) is 10.9 Å². The molecule has 0 aromatic rings. The van der Waals surface area contributed by atoms with Crippen LogP contribution in [0, 0.1) is 5.92 Å². The van der Waals surface area contributed by atoms with Crippen LogP contribution in [-0.2, 0) is 0 Å². The van der Waals surface area contributed by atoms with Crippen molar-refractivity contribution in [2.45, 2.75) is 70.4 Å². The Morgan fingerprint density at radius 3 is 2.57 bits per heavy atom. The largest absolute Gasteiger partial charge is 0.355 e. The van der Waals surface area contributed by atoms with Gasteiger partial charge in [-0.25, -0.2) is 0 Å². The third kappa shape index (κ3) is 5.50. The Hall–Kier alpha value is -0.770. The van der Waals surface area contributed by atoms with Gasteiger partial charge >= 0.3 is 0 Å². The minimum Gasteiger partial charge on any atom is -0.355 e. The number of hydrogen-bond donors (Lipinski definition) is 2. The van der Waals surface area contributed by atoms with Gasteiger partial charge in [0.05, 0.1) is 0 Å². The molecule has 21 heavy (non-hydrogen) atoms. The lowest BCUT2D eigenvalue weighted by Gasteiger charge is -2.29. The third-order valence-corrected chi connectivity index (χ3v) is 5.21. The van der Waals surface area contributed by atoms with Crippen LogP contribution in [0.5, 0.6) is 0 Å². The van der Waals surface area contributed by atoms with E-state index in [1.807, 2.05) is 7.05 Å². The topological polar surface area (TPSA) is 39.7 Å². The molecule has 2 unspecified atom stereocenters. The van der Waals surface area contributed by atoms with Crippen LogP contribution >= 0.6 is 0 Å². The van der Waals surface area contributed by atoms with Gasteiger partial charge in [0, 0.05) is 32.2 Å². The summed E-state index contributed by atoms with van der Waals surface area (Å²) in [5, 5.41) is 7.08. The lowest BCUT2D eigenvalue weighted by molar-refractivity contribution is 0.249. The quantitative estimate of drug-likeness (QED) is 0.605. The van der Waals surface area contributed by atoms with Gasteiger partial charge in [0.25, 0.3) is 0 Å². The molecular weight excluding hydrogens is 260 g/mol. The maximum Gasteiger partial charge on any atom is 0.191 e. The predicted octanol–water partition coefficient (Wildman–Crippen LogP) is 2.60. The minimum absolute atomic E-state index is 0.604. The average molecular weight is 294 g/mol. The molecule has 0 heterocycles. The van der Waals surface area contributed by atoms with Crippen molar-refractivity contribution in [1.29, 1.82) is 0 Å². The smallest absolute Gasteiger partial charge is 0.191 e. The second-order valence-electron chi connectivity index (χ2n) is 7.03. The summed E-state index contributed by atoms with van der Waals surface area (Å²) in [4.78, 5) is 6.89. The van der Waals surface area contributed by atoms with Crippen LogP contribution in [-0.4, -0.2) is 50.1 Å². The first-order valence-corrected chi connectivity index (χ1v) is 8.86. The van der Waals surface area contributed by atoms with Gasteiger partial charge in [-0.2, -0.15) is 0 Å². The zero-order chi connectivity index (χ0) is 15.1. The van der Waals surface area contributed by atoms with Gasteiger partial charge in [-0.15, -0.1) is 0 Å². The Bertz CT molecular complexity index is 323. The SMILES string of the molecule is CN=C(NCCN(C)C1CCCC1)NC1CCCC(C)C1. The van der Waals surface area contributed by atoms with Gasteiger partial charge in [0.15, 0.2) is 5.96 Å². The van der Waals surface area contributed by atoms with Crippen LogP contribution in [0.1, 0.15) is 58.3 Å². The molecule has 2 N–H and O–H groups in total. The van der Waals surface area contributed by atoms with Gasteiger partial charge in [-0.05, 0) is 38.6 Å². The van der Waals surface area contributed by atoms with Crippen LogP contribution in [0.3, 0.4) is 0 Å². The highest BCUT2D eigenvalue weighted by Crippen LogP contribution is 2.23. The van der Waals surface area contributed by atoms with Gasteiger partial charge in [-0.1, -0.05) is 32.6 Å². The predicted molar refractivity (Wildman–Crippen MR) is 90.8 cm³/mol. The molecule has 2 rings (SSSR count). The maximum absolute atomic E-state index is 4.38. The summed E-state index contributed by atoms with van der Waals surface area (Å²) in [6.07, 6.45) is 10.9. The van der Waals surface area contributed by atoms with Crippen LogP contribution in [0.4, 0.5) is 0 Å². The fourth-order valence-electron chi connectivity index (χ4n) is 3.83. The number of rotatable bonds is 5. The van der Waals surface area contributed by atoms with Gasteiger partial charge in [-0.3, -0.25) is 4.99 Å². The first-order chi connectivity index (χ1) is 10.2. The van der Waals surface area contributed by atoms with E-state index in [2.05, 4.69) is 34.5 Å². The number of nitrogens with zero attached hydrogens (tertiary/aromatic N) is 2. The monoisotopic (exact) mass is 294 g/mol. The summed E-state index contributed by atoms with van der Waals surface area (Å²) in [5.41, 5.74) is 0. The Kier molecular flexibility index (Phi) is 6.81. The Morgan fingerprint density at radius 2 is 1.90 bits per heavy atom. The average Bonchev–Trinajstić information content (AvgIpc) is 3.00. The molecule has 0 aromatic carbocycles. The molecule has 0 amide bonds. The van der Waals surface area contributed by atoms with E-state index in [4.69, 9.17) is 0 Å². The van der Waals surface area contributed by atoms with Crippen molar-refractivity contribution < 1.29 is 0 Å². The van der Waals surface area contributed by atoms with E-state index in [9.17, 15) is 0 Å². The third-order valence-electron chi connectivity index (χ3n) is 5.21. The fourth-order valence-corrected chi connectivity index (χ4v) is 3.83.